The van der Waals surface area contributed by atoms with E-state index in [2.05, 4.69) is 31.6 Å². The molecule has 1 saturated carbocycles. The maximum atomic E-state index is 12.7. The highest BCUT2D eigenvalue weighted by molar-refractivity contribution is 7.70. The lowest BCUT2D eigenvalue weighted by Gasteiger charge is -2.42. The van der Waals surface area contributed by atoms with Crippen LogP contribution in [0.2, 0.25) is 5.02 Å². The molecular formula is C24H27ClN5O2P. The van der Waals surface area contributed by atoms with Crippen LogP contribution in [0.3, 0.4) is 0 Å². The van der Waals surface area contributed by atoms with Crippen molar-refractivity contribution in [3.8, 4) is 5.75 Å². The van der Waals surface area contributed by atoms with Crippen molar-refractivity contribution in [2.45, 2.75) is 12.8 Å². The van der Waals surface area contributed by atoms with E-state index in [4.69, 9.17) is 16.3 Å². The normalized spacial score (nSPS) is 16.3. The lowest BCUT2D eigenvalue weighted by molar-refractivity contribution is 0.372. The van der Waals surface area contributed by atoms with Gasteiger partial charge in [0.2, 0.25) is 5.95 Å². The van der Waals surface area contributed by atoms with Crippen molar-refractivity contribution < 1.29 is 9.30 Å². The summed E-state index contributed by atoms with van der Waals surface area (Å²) in [6.07, 6.45) is 4.20. The first-order valence-electron chi connectivity index (χ1n) is 10.9. The number of hydrogen-bond acceptors (Lipinski definition) is 7. The number of aromatic nitrogens is 2. The van der Waals surface area contributed by atoms with Crippen LogP contribution in [-0.4, -0.2) is 43.5 Å². The van der Waals surface area contributed by atoms with Crippen LogP contribution in [0.1, 0.15) is 12.8 Å². The zero-order valence-electron chi connectivity index (χ0n) is 18.9. The third-order valence-electron chi connectivity index (χ3n) is 6.28. The van der Waals surface area contributed by atoms with Crippen molar-refractivity contribution in [2.75, 3.05) is 49.1 Å². The second-order valence-electron chi connectivity index (χ2n) is 9.22. The molecule has 2 N–H and O–H groups in total. The molecule has 0 amide bonds. The largest absolute Gasteiger partial charge is 0.492 e. The molecule has 0 atom stereocenters. The molecular weight excluding hydrogens is 457 g/mol. The molecule has 3 aromatic rings. The van der Waals surface area contributed by atoms with E-state index in [9.17, 15) is 4.57 Å². The summed E-state index contributed by atoms with van der Waals surface area (Å²) >= 11 is 6.38. The van der Waals surface area contributed by atoms with Crippen LogP contribution in [0.4, 0.5) is 28.8 Å². The van der Waals surface area contributed by atoms with Crippen LogP contribution in [-0.2, 0) is 4.57 Å². The molecule has 172 valence electrons. The minimum atomic E-state index is -2.49. The fraction of sp³-hybridized carbons (Fsp3) is 0.333. The average molecular weight is 484 g/mol. The van der Waals surface area contributed by atoms with Gasteiger partial charge in [0, 0.05) is 23.8 Å². The molecule has 9 heteroatoms. The highest BCUT2D eigenvalue weighted by atomic mass is 35.5. The Bertz CT molecular complexity index is 1250. The first-order chi connectivity index (χ1) is 15.8. The van der Waals surface area contributed by atoms with Gasteiger partial charge in [-0.05, 0) is 50.4 Å². The Morgan fingerprint density at radius 1 is 1.06 bits per heavy atom. The topological polar surface area (TPSA) is 79.4 Å². The number of para-hydroxylation sites is 2. The van der Waals surface area contributed by atoms with Crippen LogP contribution in [0.15, 0.2) is 48.7 Å². The average Bonchev–Trinajstić information content (AvgIpc) is 3.56. The fourth-order valence-electron chi connectivity index (χ4n) is 4.33. The third kappa shape index (κ3) is 4.40. The molecule has 0 radical (unpaired) electrons. The molecule has 2 fully saturated rings. The van der Waals surface area contributed by atoms with Crippen molar-refractivity contribution in [1.29, 1.82) is 0 Å². The molecule has 1 saturated heterocycles. The molecule has 0 unspecified atom stereocenters. The minimum absolute atomic E-state index is 0.369. The molecule has 2 heterocycles. The Morgan fingerprint density at radius 3 is 2.48 bits per heavy atom. The van der Waals surface area contributed by atoms with Crippen LogP contribution in [0.5, 0.6) is 5.75 Å². The van der Waals surface area contributed by atoms with Crippen molar-refractivity contribution in [3.05, 3.63) is 53.7 Å². The Morgan fingerprint density at radius 2 is 1.79 bits per heavy atom. The highest BCUT2D eigenvalue weighted by Crippen LogP contribution is 2.55. The first-order valence-corrected chi connectivity index (χ1v) is 13.9. The van der Waals surface area contributed by atoms with Gasteiger partial charge < -0.3 is 24.8 Å². The Balaban J connectivity index is 1.41. The monoisotopic (exact) mass is 483 g/mol. The van der Waals surface area contributed by atoms with Crippen molar-refractivity contribution >= 4 is 52.9 Å². The molecule has 1 aromatic heterocycles. The number of ether oxygens (including phenoxy) is 1. The smallest absolute Gasteiger partial charge is 0.229 e. The van der Waals surface area contributed by atoms with Gasteiger partial charge in [0.1, 0.15) is 12.2 Å². The summed E-state index contributed by atoms with van der Waals surface area (Å²) in [4.78, 5) is 11.3. The van der Waals surface area contributed by atoms with E-state index in [1.807, 2.05) is 36.4 Å². The molecule has 0 bridgehead atoms. The second kappa shape index (κ2) is 8.23. The summed E-state index contributed by atoms with van der Waals surface area (Å²) in [6.45, 7) is 5.64. The maximum Gasteiger partial charge on any atom is 0.229 e. The molecule has 1 aliphatic carbocycles. The number of nitrogens with zero attached hydrogens (tertiary/aromatic N) is 3. The van der Waals surface area contributed by atoms with E-state index in [0.29, 0.717) is 27.9 Å². The molecule has 7 nitrogen and oxygen atoms in total. The van der Waals surface area contributed by atoms with Crippen LogP contribution >= 0.6 is 18.7 Å². The van der Waals surface area contributed by atoms with Crippen LogP contribution < -0.4 is 25.6 Å². The maximum absolute atomic E-state index is 12.7. The zero-order valence-corrected chi connectivity index (χ0v) is 20.6. The van der Waals surface area contributed by atoms with Gasteiger partial charge >= 0.3 is 0 Å². The summed E-state index contributed by atoms with van der Waals surface area (Å²) in [6, 6.07) is 13.5. The molecule has 2 aliphatic rings. The summed E-state index contributed by atoms with van der Waals surface area (Å²) in [5.74, 6) is 1.58. The highest BCUT2D eigenvalue weighted by Gasteiger charge is 2.52. The van der Waals surface area contributed by atoms with Gasteiger partial charge in [0.15, 0.2) is 11.6 Å². The molecule has 2 aromatic carbocycles. The van der Waals surface area contributed by atoms with Gasteiger partial charge in [-0.3, -0.25) is 0 Å². The van der Waals surface area contributed by atoms with E-state index in [0.717, 1.165) is 35.5 Å². The Kier molecular flexibility index (Phi) is 5.50. The Hall–Kier alpha value is -2.76. The van der Waals surface area contributed by atoms with E-state index < -0.39 is 7.14 Å². The predicted molar refractivity (Wildman–Crippen MR) is 136 cm³/mol. The summed E-state index contributed by atoms with van der Waals surface area (Å²) in [5.41, 5.74) is 3.12. The van der Waals surface area contributed by atoms with Gasteiger partial charge in [-0.15, -0.1) is 0 Å². The number of nitrogens with one attached hydrogen (secondary N) is 2. The third-order valence-corrected chi connectivity index (χ3v) is 8.10. The quantitative estimate of drug-likeness (QED) is 0.431. The van der Waals surface area contributed by atoms with Gasteiger partial charge in [-0.2, -0.15) is 4.98 Å². The van der Waals surface area contributed by atoms with E-state index in [1.165, 1.54) is 12.8 Å². The first kappa shape index (κ1) is 22.1. The lowest BCUT2D eigenvalue weighted by atomic mass is 9.95. The van der Waals surface area contributed by atoms with Crippen molar-refractivity contribution in [3.63, 3.8) is 0 Å². The fourth-order valence-corrected chi connectivity index (χ4v) is 5.62. The standard InChI is InChI=1S/C24H27ClN5O2P/c1-32-21-18(8-6-9-19(21)30-14-24(15-30)11-12-24)28-23-26-13-16(25)22(29-23)27-17-7-4-5-10-20(17)33(2,3)31/h4-10,13H,11-12,14-15H2,1-3H3,(H2,26,27,28,29). The van der Waals surface area contributed by atoms with Crippen molar-refractivity contribution in [2.24, 2.45) is 5.41 Å². The van der Waals surface area contributed by atoms with Crippen molar-refractivity contribution in [1.82, 2.24) is 9.97 Å². The van der Waals surface area contributed by atoms with Crippen LogP contribution in [0.25, 0.3) is 0 Å². The second-order valence-corrected chi connectivity index (χ2v) is 12.8. The number of rotatable bonds is 7. The number of benzene rings is 2. The predicted octanol–water partition coefficient (Wildman–Crippen LogP) is 5.47. The summed E-state index contributed by atoms with van der Waals surface area (Å²) in [7, 11) is -0.811. The number of anilines is 5. The SMILES string of the molecule is COc1c(Nc2ncc(Cl)c(Nc3ccccc3P(C)(C)=O)n2)cccc1N1CC2(CC2)C1. The Labute approximate surface area is 198 Å². The van der Waals surface area contributed by atoms with E-state index in [-0.39, 0.29) is 0 Å². The van der Waals surface area contributed by atoms with Gasteiger partial charge in [-0.25, -0.2) is 4.98 Å². The van der Waals surface area contributed by atoms with Gasteiger partial charge in [0.05, 0.1) is 30.4 Å². The number of halogens is 1. The van der Waals surface area contributed by atoms with E-state index >= 15 is 0 Å². The molecule has 33 heavy (non-hydrogen) atoms. The number of methoxy groups -OCH3 is 1. The minimum Gasteiger partial charge on any atom is -0.492 e. The summed E-state index contributed by atoms with van der Waals surface area (Å²) in [5, 5.41) is 7.62. The molecule has 1 aliphatic heterocycles. The van der Waals surface area contributed by atoms with E-state index in [1.54, 1.807) is 26.6 Å². The van der Waals surface area contributed by atoms with Gasteiger partial charge in [0.25, 0.3) is 0 Å². The molecule has 5 rings (SSSR count). The van der Waals surface area contributed by atoms with Gasteiger partial charge in [-0.1, -0.05) is 29.8 Å². The van der Waals surface area contributed by atoms with Crippen LogP contribution in [0, 0.1) is 5.41 Å². The molecule has 1 spiro atoms. The number of hydrogen-bond donors (Lipinski definition) is 2. The zero-order chi connectivity index (χ0) is 23.2. The summed E-state index contributed by atoms with van der Waals surface area (Å²) < 4.78 is 18.5. The lowest BCUT2D eigenvalue weighted by Crippen LogP contribution is -2.48.